The molecule has 9 nitrogen and oxygen atoms in total. The largest absolute Gasteiger partial charge is 0.496 e. The summed E-state index contributed by atoms with van der Waals surface area (Å²) in [6, 6.07) is 6.57. The molecule has 0 spiro atoms. The SMILES string of the molecule is COc1cc(OC)c(C(=O)Nc2ccc(S(=O)(=O)O)cc2OC)c(OC)c1. The topological polar surface area (TPSA) is 120 Å². The van der Waals surface area contributed by atoms with Gasteiger partial charge in [-0.05, 0) is 12.1 Å². The van der Waals surface area contributed by atoms with Crippen molar-refractivity contribution < 1.29 is 36.7 Å². The lowest BCUT2D eigenvalue weighted by atomic mass is 10.1. The summed E-state index contributed by atoms with van der Waals surface area (Å²) in [6.07, 6.45) is 0. The van der Waals surface area contributed by atoms with Crippen molar-refractivity contribution in [3.63, 3.8) is 0 Å². The minimum absolute atomic E-state index is 0.0462. The molecule has 0 aliphatic carbocycles. The van der Waals surface area contributed by atoms with E-state index < -0.39 is 16.0 Å². The van der Waals surface area contributed by atoms with Gasteiger partial charge in [-0.2, -0.15) is 8.42 Å². The normalized spacial score (nSPS) is 10.9. The zero-order chi connectivity index (χ0) is 20.2. The van der Waals surface area contributed by atoms with Gasteiger partial charge in [0.2, 0.25) is 0 Å². The fourth-order valence-corrected chi connectivity index (χ4v) is 2.85. The number of hydrogen-bond acceptors (Lipinski definition) is 7. The van der Waals surface area contributed by atoms with E-state index in [1.54, 1.807) is 0 Å². The van der Waals surface area contributed by atoms with Crippen molar-refractivity contribution in [3.05, 3.63) is 35.9 Å². The van der Waals surface area contributed by atoms with Crippen LogP contribution in [0.1, 0.15) is 10.4 Å². The Morgan fingerprint density at radius 2 is 1.44 bits per heavy atom. The van der Waals surface area contributed by atoms with Crippen molar-refractivity contribution in [1.82, 2.24) is 0 Å². The number of benzene rings is 2. The highest BCUT2D eigenvalue weighted by Gasteiger charge is 2.22. The molecule has 2 rings (SSSR count). The van der Waals surface area contributed by atoms with Crippen LogP contribution < -0.4 is 24.3 Å². The molecule has 0 radical (unpaired) electrons. The zero-order valence-electron chi connectivity index (χ0n) is 15.1. The highest BCUT2D eigenvalue weighted by molar-refractivity contribution is 7.85. The Morgan fingerprint density at radius 3 is 1.89 bits per heavy atom. The third kappa shape index (κ3) is 4.41. The molecule has 0 aliphatic heterocycles. The van der Waals surface area contributed by atoms with E-state index in [1.807, 2.05) is 0 Å². The lowest BCUT2D eigenvalue weighted by Crippen LogP contribution is -2.15. The summed E-state index contributed by atoms with van der Waals surface area (Å²) < 4.78 is 52.4. The van der Waals surface area contributed by atoms with Gasteiger partial charge in [-0.3, -0.25) is 9.35 Å². The van der Waals surface area contributed by atoms with Crippen LogP contribution in [0.5, 0.6) is 23.0 Å². The number of carbonyl (C=O) groups excluding carboxylic acids is 1. The van der Waals surface area contributed by atoms with E-state index in [1.165, 1.54) is 46.6 Å². The maximum Gasteiger partial charge on any atom is 0.294 e. The van der Waals surface area contributed by atoms with Crippen LogP contribution in [0.4, 0.5) is 5.69 Å². The molecule has 0 bridgehead atoms. The fraction of sp³-hybridized carbons (Fsp3) is 0.235. The Balaban J connectivity index is 2.46. The second-order valence-electron chi connectivity index (χ2n) is 5.20. The average Bonchev–Trinajstić information content (AvgIpc) is 2.65. The van der Waals surface area contributed by atoms with E-state index in [0.29, 0.717) is 5.75 Å². The summed E-state index contributed by atoms with van der Waals surface area (Å²) in [6.45, 7) is 0. The van der Waals surface area contributed by atoms with E-state index in [-0.39, 0.29) is 33.4 Å². The van der Waals surface area contributed by atoms with Crippen molar-refractivity contribution in [2.75, 3.05) is 33.8 Å². The van der Waals surface area contributed by atoms with Crippen LogP contribution in [0, 0.1) is 0 Å². The Hall–Kier alpha value is -2.98. The van der Waals surface area contributed by atoms with Crippen molar-refractivity contribution in [3.8, 4) is 23.0 Å². The van der Waals surface area contributed by atoms with Crippen LogP contribution in [-0.4, -0.2) is 47.3 Å². The molecular weight excluding hydrogens is 378 g/mol. The van der Waals surface area contributed by atoms with E-state index in [4.69, 9.17) is 23.5 Å². The number of anilines is 1. The quantitative estimate of drug-likeness (QED) is 0.683. The molecule has 0 unspecified atom stereocenters. The minimum atomic E-state index is -4.41. The van der Waals surface area contributed by atoms with Gasteiger partial charge in [-0.25, -0.2) is 0 Å². The van der Waals surface area contributed by atoms with Gasteiger partial charge >= 0.3 is 0 Å². The predicted molar refractivity (Wildman–Crippen MR) is 96.9 cm³/mol. The molecule has 10 heteroatoms. The van der Waals surface area contributed by atoms with Gasteiger partial charge in [-0.15, -0.1) is 0 Å². The van der Waals surface area contributed by atoms with E-state index in [9.17, 15) is 13.2 Å². The van der Waals surface area contributed by atoms with Gasteiger partial charge in [0.15, 0.2) is 0 Å². The van der Waals surface area contributed by atoms with E-state index >= 15 is 0 Å². The molecule has 0 saturated heterocycles. The van der Waals surface area contributed by atoms with Crippen molar-refractivity contribution in [2.45, 2.75) is 4.90 Å². The van der Waals surface area contributed by atoms with Gasteiger partial charge in [0, 0.05) is 18.2 Å². The molecule has 2 aromatic carbocycles. The van der Waals surface area contributed by atoms with Gasteiger partial charge in [0.1, 0.15) is 28.6 Å². The number of rotatable bonds is 7. The second kappa shape index (κ2) is 8.14. The minimum Gasteiger partial charge on any atom is -0.496 e. The summed E-state index contributed by atoms with van der Waals surface area (Å²) in [4.78, 5) is 12.4. The molecule has 2 N–H and O–H groups in total. The van der Waals surface area contributed by atoms with Crippen LogP contribution in [0.15, 0.2) is 35.2 Å². The molecule has 0 fully saturated rings. The number of ether oxygens (including phenoxy) is 4. The smallest absolute Gasteiger partial charge is 0.294 e. The summed E-state index contributed by atoms with van der Waals surface area (Å²) >= 11 is 0. The molecule has 0 aromatic heterocycles. The lowest BCUT2D eigenvalue weighted by molar-refractivity contribution is 0.102. The second-order valence-corrected chi connectivity index (χ2v) is 6.62. The average molecular weight is 397 g/mol. The highest BCUT2D eigenvalue weighted by Crippen LogP contribution is 2.35. The highest BCUT2D eigenvalue weighted by atomic mass is 32.2. The van der Waals surface area contributed by atoms with Gasteiger partial charge < -0.3 is 24.3 Å². The standard InChI is InChI=1S/C17H19NO8S/c1-23-10-7-14(25-3)16(15(8-10)26-4)17(19)18-12-6-5-11(27(20,21)22)9-13(12)24-2/h5-9H,1-4H3,(H,18,19)(H,20,21,22). The third-order valence-corrected chi connectivity index (χ3v) is 4.51. The Bertz CT molecular complexity index is 930. The number of methoxy groups -OCH3 is 4. The van der Waals surface area contributed by atoms with Crippen molar-refractivity contribution in [2.24, 2.45) is 0 Å². The number of amides is 1. The lowest BCUT2D eigenvalue weighted by Gasteiger charge is -2.16. The molecule has 27 heavy (non-hydrogen) atoms. The molecular formula is C17H19NO8S. The summed E-state index contributed by atoms with van der Waals surface area (Å²) in [5.41, 5.74) is 0.302. The summed E-state index contributed by atoms with van der Waals surface area (Å²) in [7, 11) is 1.15. The van der Waals surface area contributed by atoms with Gasteiger partial charge in [0.05, 0.1) is 39.0 Å². The van der Waals surface area contributed by atoms with Crippen LogP contribution >= 0.6 is 0 Å². The van der Waals surface area contributed by atoms with Crippen LogP contribution in [-0.2, 0) is 10.1 Å². The van der Waals surface area contributed by atoms with Crippen LogP contribution in [0.25, 0.3) is 0 Å². The first kappa shape index (κ1) is 20.3. The van der Waals surface area contributed by atoms with Crippen LogP contribution in [0.2, 0.25) is 0 Å². The Labute approximate surface area is 156 Å². The first-order valence-electron chi connectivity index (χ1n) is 7.52. The Morgan fingerprint density at radius 1 is 0.889 bits per heavy atom. The first-order valence-corrected chi connectivity index (χ1v) is 8.96. The maximum atomic E-state index is 12.8. The monoisotopic (exact) mass is 397 g/mol. The number of hydrogen-bond donors (Lipinski definition) is 2. The molecule has 2 aromatic rings. The number of nitrogens with one attached hydrogen (secondary N) is 1. The van der Waals surface area contributed by atoms with Gasteiger partial charge in [0.25, 0.3) is 16.0 Å². The summed E-state index contributed by atoms with van der Waals surface area (Å²) in [5.74, 6) is 0.346. The molecule has 1 amide bonds. The van der Waals surface area contributed by atoms with E-state index in [0.717, 1.165) is 12.1 Å². The molecule has 0 aliphatic rings. The zero-order valence-corrected chi connectivity index (χ0v) is 15.9. The van der Waals surface area contributed by atoms with Crippen LogP contribution in [0.3, 0.4) is 0 Å². The van der Waals surface area contributed by atoms with E-state index in [2.05, 4.69) is 5.32 Å². The fourth-order valence-electron chi connectivity index (χ4n) is 2.35. The van der Waals surface area contributed by atoms with Crippen molar-refractivity contribution in [1.29, 1.82) is 0 Å². The maximum absolute atomic E-state index is 12.8. The summed E-state index contributed by atoms with van der Waals surface area (Å²) in [5, 5.41) is 2.60. The Kier molecular flexibility index (Phi) is 6.13. The molecule has 0 saturated carbocycles. The molecule has 0 heterocycles. The predicted octanol–water partition coefficient (Wildman–Crippen LogP) is 2.22. The molecule has 0 atom stereocenters. The van der Waals surface area contributed by atoms with Gasteiger partial charge in [-0.1, -0.05) is 0 Å². The first-order chi connectivity index (χ1) is 12.7. The third-order valence-electron chi connectivity index (χ3n) is 3.66. The van der Waals surface area contributed by atoms with Crippen molar-refractivity contribution >= 4 is 21.7 Å². The number of carbonyl (C=O) groups is 1. The molecule has 146 valence electrons.